The monoisotopic (exact) mass is 244 g/mol. The molecule has 0 unspecified atom stereocenters. The van der Waals surface area contributed by atoms with Crippen LogP contribution in [0.2, 0.25) is 0 Å². The highest BCUT2D eigenvalue weighted by Crippen LogP contribution is 2.17. The van der Waals surface area contributed by atoms with Crippen LogP contribution in [0.25, 0.3) is 10.9 Å². The van der Waals surface area contributed by atoms with Crippen molar-refractivity contribution in [3.63, 3.8) is 0 Å². The minimum absolute atomic E-state index is 0.235. The molecule has 0 atom stereocenters. The third kappa shape index (κ3) is 2.94. The maximum absolute atomic E-state index is 3.61. The normalized spacial score (nSPS) is 12.2. The molecule has 1 aromatic carbocycles. The molecular formula is C16H24N2. The summed E-state index contributed by atoms with van der Waals surface area (Å²) in [5, 5.41) is 4.93. The number of hydrogen-bond donors (Lipinski definition) is 1. The summed E-state index contributed by atoms with van der Waals surface area (Å²) < 4.78 is 2.33. The number of aryl methyl sites for hydroxylation is 1. The molecule has 1 N–H and O–H groups in total. The quantitative estimate of drug-likeness (QED) is 0.848. The van der Waals surface area contributed by atoms with E-state index in [4.69, 9.17) is 0 Å². The third-order valence-corrected chi connectivity index (χ3v) is 3.77. The summed E-state index contributed by atoms with van der Waals surface area (Å²) in [6.07, 6.45) is 3.34. The molecule has 18 heavy (non-hydrogen) atoms. The number of benzene rings is 1. The van der Waals surface area contributed by atoms with Crippen LogP contribution in [0.4, 0.5) is 0 Å². The second kappa shape index (κ2) is 5.15. The molecule has 1 aromatic heterocycles. The SMILES string of the molecule is CCC(C)(C)NCCn1ccc2ccc(C)cc21. The molecule has 2 aromatic rings. The van der Waals surface area contributed by atoms with Gasteiger partial charge in [-0.2, -0.15) is 0 Å². The molecular weight excluding hydrogens is 220 g/mol. The highest BCUT2D eigenvalue weighted by Gasteiger charge is 2.12. The lowest BCUT2D eigenvalue weighted by molar-refractivity contribution is 0.369. The van der Waals surface area contributed by atoms with Crippen molar-refractivity contribution in [3.05, 3.63) is 36.0 Å². The van der Waals surface area contributed by atoms with Crippen molar-refractivity contribution in [2.75, 3.05) is 6.54 Å². The number of fused-ring (bicyclic) bond motifs is 1. The molecule has 2 nitrogen and oxygen atoms in total. The fourth-order valence-electron chi connectivity index (χ4n) is 2.13. The highest BCUT2D eigenvalue weighted by atomic mass is 15.0. The van der Waals surface area contributed by atoms with Gasteiger partial charge in [-0.05, 0) is 50.3 Å². The Bertz CT molecular complexity index is 523. The van der Waals surface area contributed by atoms with Crippen molar-refractivity contribution >= 4 is 10.9 Å². The second-order valence-electron chi connectivity index (χ2n) is 5.74. The zero-order chi connectivity index (χ0) is 13.2. The van der Waals surface area contributed by atoms with Gasteiger partial charge >= 0.3 is 0 Å². The number of nitrogens with zero attached hydrogens (tertiary/aromatic N) is 1. The van der Waals surface area contributed by atoms with Gasteiger partial charge in [0.1, 0.15) is 0 Å². The third-order valence-electron chi connectivity index (χ3n) is 3.77. The van der Waals surface area contributed by atoms with Crippen molar-refractivity contribution in [3.8, 4) is 0 Å². The van der Waals surface area contributed by atoms with E-state index in [1.54, 1.807) is 0 Å². The van der Waals surface area contributed by atoms with E-state index in [1.807, 2.05) is 0 Å². The Hall–Kier alpha value is -1.28. The van der Waals surface area contributed by atoms with Crippen LogP contribution in [0.1, 0.15) is 32.8 Å². The van der Waals surface area contributed by atoms with Gasteiger partial charge in [0.15, 0.2) is 0 Å². The summed E-state index contributed by atoms with van der Waals surface area (Å²) in [6, 6.07) is 8.83. The summed E-state index contributed by atoms with van der Waals surface area (Å²) in [5.74, 6) is 0. The van der Waals surface area contributed by atoms with Gasteiger partial charge in [0, 0.05) is 30.3 Å². The van der Waals surface area contributed by atoms with Crippen molar-refractivity contribution in [1.29, 1.82) is 0 Å². The van der Waals surface area contributed by atoms with E-state index in [9.17, 15) is 0 Å². The van der Waals surface area contributed by atoms with Crippen LogP contribution in [0.3, 0.4) is 0 Å². The van der Waals surface area contributed by atoms with Gasteiger partial charge in [0.05, 0.1) is 0 Å². The summed E-state index contributed by atoms with van der Waals surface area (Å²) in [7, 11) is 0. The van der Waals surface area contributed by atoms with Gasteiger partial charge in [-0.1, -0.05) is 19.1 Å². The number of nitrogens with one attached hydrogen (secondary N) is 1. The van der Waals surface area contributed by atoms with Gasteiger partial charge in [-0.25, -0.2) is 0 Å². The summed E-state index contributed by atoms with van der Waals surface area (Å²) in [6.45, 7) is 10.9. The van der Waals surface area contributed by atoms with Gasteiger partial charge in [-0.3, -0.25) is 0 Å². The lowest BCUT2D eigenvalue weighted by atomic mass is 10.0. The van der Waals surface area contributed by atoms with Crippen LogP contribution >= 0.6 is 0 Å². The van der Waals surface area contributed by atoms with E-state index in [2.05, 4.69) is 68.0 Å². The molecule has 0 amide bonds. The molecule has 2 heteroatoms. The smallest absolute Gasteiger partial charge is 0.0483 e. The Labute approximate surface area is 110 Å². The average Bonchev–Trinajstić information content (AvgIpc) is 2.72. The first-order valence-corrected chi connectivity index (χ1v) is 6.82. The standard InChI is InChI=1S/C16H24N2/c1-5-16(3,4)17-9-11-18-10-8-14-7-6-13(2)12-15(14)18/h6-8,10,12,17H,5,9,11H2,1-4H3. The Kier molecular flexibility index (Phi) is 3.76. The van der Waals surface area contributed by atoms with Crippen LogP contribution in [0, 0.1) is 6.92 Å². The first-order chi connectivity index (χ1) is 8.52. The zero-order valence-corrected chi connectivity index (χ0v) is 12.0. The average molecular weight is 244 g/mol. The molecule has 0 radical (unpaired) electrons. The highest BCUT2D eigenvalue weighted by molar-refractivity contribution is 5.80. The molecule has 0 saturated heterocycles. The van der Waals surface area contributed by atoms with E-state index >= 15 is 0 Å². The molecule has 98 valence electrons. The van der Waals surface area contributed by atoms with E-state index in [0.717, 1.165) is 19.5 Å². The van der Waals surface area contributed by atoms with Crippen LogP contribution in [0.15, 0.2) is 30.5 Å². The Morgan fingerprint density at radius 2 is 2.00 bits per heavy atom. The Morgan fingerprint density at radius 1 is 1.22 bits per heavy atom. The number of hydrogen-bond acceptors (Lipinski definition) is 1. The van der Waals surface area contributed by atoms with E-state index in [-0.39, 0.29) is 5.54 Å². The summed E-state index contributed by atoms with van der Waals surface area (Å²) >= 11 is 0. The largest absolute Gasteiger partial charge is 0.346 e. The molecule has 0 aliphatic heterocycles. The predicted octanol–water partition coefficient (Wildman–Crippen LogP) is 3.73. The van der Waals surface area contributed by atoms with Crippen molar-refractivity contribution < 1.29 is 0 Å². The zero-order valence-electron chi connectivity index (χ0n) is 12.0. The lowest BCUT2D eigenvalue weighted by Crippen LogP contribution is -2.40. The summed E-state index contributed by atoms with van der Waals surface area (Å²) in [5.41, 5.74) is 2.90. The molecule has 0 spiro atoms. The van der Waals surface area contributed by atoms with Gasteiger partial charge < -0.3 is 9.88 Å². The lowest BCUT2D eigenvalue weighted by Gasteiger charge is -2.24. The van der Waals surface area contributed by atoms with Gasteiger partial charge in [-0.15, -0.1) is 0 Å². The molecule has 0 saturated carbocycles. The van der Waals surface area contributed by atoms with Crippen molar-refractivity contribution in [2.24, 2.45) is 0 Å². The summed E-state index contributed by atoms with van der Waals surface area (Å²) in [4.78, 5) is 0. The van der Waals surface area contributed by atoms with Crippen molar-refractivity contribution in [1.82, 2.24) is 9.88 Å². The Balaban J connectivity index is 2.06. The first-order valence-electron chi connectivity index (χ1n) is 6.82. The first kappa shape index (κ1) is 13.2. The van der Waals surface area contributed by atoms with Gasteiger partial charge in [0.2, 0.25) is 0 Å². The van der Waals surface area contributed by atoms with Crippen LogP contribution in [0.5, 0.6) is 0 Å². The molecule has 0 bridgehead atoms. The topological polar surface area (TPSA) is 17.0 Å². The maximum atomic E-state index is 3.61. The molecule has 0 aliphatic rings. The van der Waals surface area contributed by atoms with E-state index < -0.39 is 0 Å². The van der Waals surface area contributed by atoms with Crippen LogP contribution in [-0.2, 0) is 6.54 Å². The predicted molar refractivity (Wildman–Crippen MR) is 79.0 cm³/mol. The number of aromatic nitrogens is 1. The molecule has 2 rings (SSSR count). The van der Waals surface area contributed by atoms with Crippen LogP contribution < -0.4 is 5.32 Å². The van der Waals surface area contributed by atoms with E-state index in [0.29, 0.717) is 0 Å². The molecule has 0 fully saturated rings. The second-order valence-corrected chi connectivity index (χ2v) is 5.74. The molecule has 1 heterocycles. The minimum atomic E-state index is 0.235. The maximum Gasteiger partial charge on any atom is 0.0483 e. The fraction of sp³-hybridized carbons (Fsp3) is 0.500. The molecule has 0 aliphatic carbocycles. The van der Waals surface area contributed by atoms with E-state index in [1.165, 1.54) is 16.5 Å². The van der Waals surface area contributed by atoms with Crippen LogP contribution in [-0.4, -0.2) is 16.7 Å². The van der Waals surface area contributed by atoms with Gasteiger partial charge in [0.25, 0.3) is 0 Å². The van der Waals surface area contributed by atoms with Crippen molar-refractivity contribution in [2.45, 2.75) is 46.2 Å². The number of rotatable bonds is 5. The fourth-order valence-corrected chi connectivity index (χ4v) is 2.13. The minimum Gasteiger partial charge on any atom is -0.346 e. The Morgan fingerprint density at radius 3 is 2.72 bits per heavy atom.